The molecule has 0 saturated heterocycles. The molecule has 35 heavy (non-hydrogen) atoms. The van der Waals surface area contributed by atoms with Gasteiger partial charge in [-0.3, -0.25) is 14.9 Å². The van der Waals surface area contributed by atoms with Crippen molar-refractivity contribution in [3.05, 3.63) is 93.7 Å². The summed E-state index contributed by atoms with van der Waals surface area (Å²) in [6.45, 7) is 1.80. The second-order valence-corrected chi connectivity index (χ2v) is 9.56. The van der Waals surface area contributed by atoms with E-state index < -0.39 is 32.9 Å². The van der Waals surface area contributed by atoms with E-state index in [9.17, 15) is 28.1 Å². The Balaban J connectivity index is 1.59. The second kappa shape index (κ2) is 9.50. The molecule has 1 N–H and O–H groups in total. The van der Waals surface area contributed by atoms with Crippen molar-refractivity contribution in [3.8, 4) is 0 Å². The van der Waals surface area contributed by atoms with Crippen LogP contribution in [0.1, 0.15) is 17.2 Å². The minimum atomic E-state index is -3.55. The lowest BCUT2D eigenvalue weighted by Crippen LogP contribution is -2.37. The number of benzene rings is 2. The fourth-order valence-electron chi connectivity index (χ4n) is 3.49. The molecule has 0 saturated carbocycles. The molecule has 2 aromatic rings. The third kappa shape index (κ3) is 5.44. The maximum Gasteiger partial charge on any atom is 0.340 e. The van der Waals surface area contributed by atoms with Gasteiger partial charge in [-0.1, -0.05) is 36.4 Å². The number of fused-ring (bicyclic) bond motifs is 1. The molecule has 2 aliphatic rings. The summed E-state index contributed by atoms with van der Waals surface area (Å²) in [4.78, 5) is 38.4. The molecule has 180 valence electrons. The van der Waals surface area contributed by atoms with Gasteiger partial charge in [0.2, 0.25) is 6.10 Å². The third-order valence-corrected chi connectivity index (χ3v) is 6.40. The molecule has 0 aliphatic carbocycles. The lowest BCUT2D eigenvalue weighted by atomic mass is 10.1. The number of hydrogen-bond donors (Lipinski definition) is 1. The van der Waals surface area contributed by atoms with Crippen molar-refractivity contribution in [1.29, 1.82) is 0 Å². The molecular formula is C23H20N4O7S. The number of sulfonamides is 1. The van der Waals surface area contributed by atoms with Gasteiger partial charge in [-0.25, -0.2) is 13.2 Å². The molecule has 0 aromatic heterocycles. The van der Waals surface area contributed by atoms with Crippen LogP contribution in [-0.2, 0) is 24.3 Å². The van der Waals surface area contributed by atoms with Crippen molar-refractivity contribution in [2.75, 3.05) is 17.6 Å². The molecule has 2 heterocycles. The second-order valence-electron chi connectivity index (χ2n) is 7.81. The van der Waals surface area contributed by atoms with Gasteiger partial charge in [0.15, 0.2) is 0 Å². The van der Waals surface area contributed by atoms with Crippen LogP contribution in [-0.4, -0.2) is 48.3 Å². The first-order valence-corrected chi connectivity index (χ1v) is 12.0. The van der Waals surface area contributed by atoms with E-state index in [0.717, 1.165) is 0 Å². The number of anilines is 1. The van der Waals surface area contributed by atoms with Crippen LogP contribution in [0.4, 0.5) is 11.4 Å². The van der Waals surface area contributed by atoms with Gasteiger partial charge >= 0.3 is 5.97 Å². The van der Waals surface area contributed by atoms with Crippen molar-refractivity contribution in [3.63, 3.8) is 0 Å². The van der Waals surface area contributed by atoms with Gasteiger partial charge in [0.25, 0.3) is 21.6 Å². The zero-order valence-corrected chi connectivity index (χ0v) is 19.3. The number of hydrogen-bond acceptors (Lipinski definition) is 8. The number of carbonyl (C=O) groups is 2. The van der Waals surface area contributed by atoms with Crippen molar-refractivity contribution >= 4 is 39.1 Å². The number of nitrogens with one attached hydrogen (secondary N) is 1. The van der Waals surface area contributed by atoms with Crippen molar-refractivity contribution in [2.45, 2.75) is 13.0 Å². The van der Waals surface area contributed by atoms with E-state index in [-0.39, 0.29) is 35.1 Å². The van der Waals surface area contributed by atoms with Crippen molar-refractivity contribution in [1.82, 2.24) is 4.90 Å². The number of nitrogens with zero attached hydrogens (tertiary/aromatic N) is 3. The molecule has 11 nitrogen and oxygen atoms in total. The molecule has 12 heteroatoms. The van der Waals surface area contributed by atoms with Crippen molar-refractivity contribution in [2.24, 2.45) is 4.40 Å². The molecule has 2 aromatic carbocycles. The first kappa shape index (κ1) is 23.8. The Bertz CT molecular complexity index is 1400. The fourth-order valence-corrected chi connectivity index (χ4v) is 4.46. The van der Waals surface area contributed by atoms with E-state index in [4.69, 9.17) is 4.74 Å². The Morgan fingerprint density at radius 1 is 1.17 bits per heavy atom. The van der Waals surface area contributed by atoms with Gasteiger partial charge < -0.3 is 15.0 Å². The Labute approximate surface area is 200 Å². The maximum absolute atomic E-state index is 13.1. The quantitative estimate of drug-likeness (QED) is 0.364. The zero-order chi connectivity index (χ0) is 25.2. The Morgan fingerprint density at radius 3 is 2.63 bits per heavy atom. The van der Waals surface area contributed by atoms with Gasteiger partial charge in [0, 0.05) is 24.4 Å². The molecule has 1 unspecified atom stereocenters. The first-order chi connectivity index (χ1) is 16.6. The highest BCUT2D eigenvalue weighted by atomic mass is 32.2. The summed E-state index contributed by atoms with van der Waals surface area (Å²) in [7, 11) is -3.55. The molecule has 0 radical (unpaired) electrons. The van der Waals surface area contributed by atoms with Crippen molar-refractivity contribution < 1.29 is 27.7 Å². The average molecular weight is 497 g/mol. The standard InChI is InChI=1S/C23H20N4O7S/c1-15-7-9-18(19(13-15)27(30)31)24-22(28)21(16-5-3-2-4-6-16)34-23(29)17-8-10-20-25-35(32,33)12-11-26(20)14-17/h2-10,13-14,21H,11-12H2,1H3,(H,24,28). The Hall–Kier alpha value is -4.32. The summed E-state index contributed by atoms with van der Waals surface area (Å²) in [5, 5.41) is 13.9. The highest BCUT2D eigenvalue weighted by molar-refractivity contribution is 7.90. The lowest BCUT2D eigenvalue weighted by molar-refractivity contribution is -0.384. The number of amides is 1. The third-order valence-electron chi connectivity index (χ3n) is 5.23. The van der Waals surface area contributed by atoms with Crippen LogP contribution in [0.5, 0.6) is 0 Å². The number of esters is 1. The first-order valence-electron chi connectivity index (χ1n) is 10.4. The zero-order valence-electron chi connectivity index (χ0n) is 18.5. The minimum Gasteiger partial charge on any atom is -0.444 e. The van der Waals surface area contributed by atoms with E-state index in [1.807, 2.05) is 0 Å². The smallest absolute Gasteiger partial charge is 0.340 e. The van der Waals surface area contributed by atoms with E-state index in [1.165, 1.54) is 35.4 Å². The van der Waals surface area contributed by atoms with Gasteiger partial charge in [-0.05, 0) is 30.7 Å². The average Bonchev–Trinajstić information content (AvgIpc) is 2.83. The van der Waals surface area contributed by atoms with Crippen LogP contribution in [0.15, 0.2) is 76.9 Å². The van der Waals surface area contributed by atoms with E-state index in [1.54, 1.807) is 43.3 Å². The molecule has 0 fully saturated rings. The highest BCUT2D eigenvalue weighted by Gasteiger charge is 2.30. The molecule has 4 rings (SSSR count). The number of nitro groups is 1. The van der Waals surface area contributed by atoms with Crippen LogP contribution in [0.2, 0.25) is 0 Å². The topological polar surface area (TPSA) is 148 Å². The summed E-state index contributed by atoms with van der Waals surface area (Å²) < 4.78 is 32.6. The molecule has 1 atom stereocenters. The van der Waals surface area contributed by atoms with Crippen LogP contribution in [0, 0.1) is 17.0 Å². The fraction of sp³-hybridized carbons (Fsp3) is 0.174. The SMILES string of the molecule is Cc1ccc(NC(=O)C(OC(=O)C2=CN3CCS(=O)(=O)N=C3C=C2)c2ccccc2)c([N+](=O)[O-])c1. The van der Waals surface area contributed by atoms with Gasteiger partial charge in [0.05, 0.1) is 16.2 Å². The summed E-state index contributed by atoms with van der Waals surface area (Å²) >= 11 is 0. The van der Waals surface area contributed by atoms with E-state index in [0.29, 0.717) is 11.1 Å². The highest BCUT2D eigenvalue weighted by Crippen LogP contribution is 2.28. The summed E-state index contributed by atoms with van der Waals surface area (Å²) in [5.41, 5.74) is 0.763. The van der Waals surface area contributed by atoms with Crippen LogP contribution in [0.25, 0.3) is 0 Å². The molecule has 2 aliphatic heterocycles. The van der Waals surface area contributed by atoms with Gasteiger partial charge in [-0.15, -0.1) is 4.40 Å². The summed E-state index contributed by atoms with van der Waals surface area (Å²) in [5.74, 6) is -1.63. The van der Waals surface area contributed by atoms with Crippen LogP contribution >= 0.6 is 0 Å². The number of nitro benzene ring substituents is 1. The number of aryl methyl sites for hydroxylation is 1. The normalized spacial score (nSPS) is 16.9. The van der Waals surface area contributed by atoms with Crippen LogP contribution in [0.3, 0.4) is 0 Å². The summed E-state index contributed by atoms with van der Waals surface area (Å²) in [6.07, 6.45) is 2.72. The maximum atomic E-state index is 13.1. The number of rotatable bonds is 6. The summed E-state index contributed by atoms with van der Waals surface area (Å²) in [6, 6.07) is 12.6. The minimum absolute atomic E-state index is 0.0327. The van der Waals surface area contributed by atoms with E-state index >= 15 is 0 Å². The van der Waals surface area contributed by atoms with Gasteiger partial charge in [0.1, 0.15) is 11.5 Å². The molecule has 0 bridgehead atoms. The molecular weight excluding hydrogens is 476 g/mol. The lowest BCUT2D eigenvalue weighted by Gasteiger charge is -2.27. The van der Waals surface area contributed by atoms with E-state index in [2.05, 4.69) is 9.71 Å². The molecule has 1 amide bonds. The largest absolute Gasteiger partial charge is 0.444 e. The Morgan fingerprint density at radius 2 is 1.91 bits per heavy atom. The predicted octanol–water partition coefficient (Wildman–Crippen LogP) is 2.62. The Kier molecular flexibility index (Phi) is 6.47. The number of amidine groups is 1. The number of carbonyl (C=O) groups excluding carboxylic acids is 2. The van der Waals surface area contributed by atoms with Crippen LogP contribution < -0.4 is 5.32 Å². The predicted molar refractivity (Wildman–Crippen MR) is 127 cm³/mol. The molecule has 0 spiro atoms. The monoisotopic (exact) mass is 496 g/mol. The number of ether oxygens (including phenoxy) is 1. The van der Waals surface area contributed by atoms with Gasteiger partial charge in [-0.2, -0.15) is 0 Å².